The Labute approximate surface area is 124 Å². The van der Waals surface area contributed by atoms with Gasteiger partial charge in [0.25, 0.3) is 0 Å². The lowest BCUT2D eigenvalue weighted by Crippen LogP contribution is -2.35. The largest absolute Gasteiger partial charge is 0.360 e. The minimum Gasteiger partial charge on any atom is -0.360 e. The molecule has 1 saturated heterocycles. The molecule has 1 aromatic heterocycles. The number of unbranched alkanes of at least 4 members (excludes halogenated alkanes) is 1. The summed E-state index contributed by atoms with van der Waals surface area (Å²) < 4.78 is 0. The van der Waals surface area contributed by atoms with Crippen LogP contribution in [0, 0.1) is 0 Å². The van der Waals surface area contributed by atoms with Crippen molar-refractivity contribution in [2.75, 3.05) is 31.6 Å². The summed E-state index contributed by atoms with van der Waals surface area (Å²) >= 11 is 0. The topological polar surface area (TPSA) is 19.4 Å². The van der Waals surface area contributed by atoms with E-state index in [1.807, 2.05) is 6.20 Å². The molecular formula is C17H29N3. The van der Waals surface area contributed by atoms with Gasteiger partial charge in [0, 0.05) is 31.4 Å². The quantitative estimate of drug-likeness (QED) is 0.786. The summed E-state index contributed by atoms with van der Waals surface area (Å²) in [4.78, 5) is 9.58. The van der Waals surface area contributed by atoms with Crippen molar-refractivity contribution in [3.8, 4) is 0 Å². The van der Waals surface area contributed by atoms with Crippen molar-refractivity contribution >= 4 is 5.82 Å². The van der Waals surface area contributed by atoms with E-state index in [0.29, 0.717) is 6.04 Å². The molecular weight excluding hydrogens is 246 g/mol. The van der Waals surface area contributed by atoms with Crippen LogP contribution in [-0.2, 0) is 0 Å². The van der Waals surface area contributed by atoms with Gasteiger partial charge in [0.15, 0.2) is 0 Å². The molecule has 3 heteroatoms. The number of anilines is 1. The van der Waals surface area contributed by atoms with Crippen LogP contribution >= 0.6 is 0 Å². The Morgan fingerprint density at radius 1 is 1.35 bits per heavy atom. The van der Waals surface area contributed by atoms with Crippen LogP contribution < -0.4 is 4.90 Å². The average Bonchev–Trinajstić information content (AvgIpc) is 2.52. The monoisotopic (exact) mass is 275 g/mol. The van der Waals surface area contributed by atoms with Crippen molar-refractivity contribution < 1.29 is 0 Å². The molecule has 0 unspecified atom stereocenters. The molecule has 0 spiro atoms. The molecule has 0 bridgehead atoms. The van der Waals surface area contributed by atoms with Gasteiger partial charge in [-0.3, -0.25) is 4.90 Å². The normalized spacial score (nSPS) is 20.1. The van der Waals surface area contributed by atoms with E-state index in [1.165, 1.54) is 56.6 Å². The molecule has 2 heterocycles. The predicted molar refractivity (Wildman–Crippen MR) is 86.3 cm³/mol. The molecule has 1 aliphatic rings. The number of hydrogen-bond acceptors (Lipinski definition) is 3. The van der Waals surface area contributed by atoms with Gasteiger partial charge in [-0.25, -0.2) is 4.98 Å². The predicted octanol–water partition coefficient (Wildman–Crippen LogP) is 3.86. The Kier molecular flexibility index (Phi) is 5.84. The summed E-state index contributed by atoms with van der Waals surface area (Å²) in [6.07, 6.45) is 8.47. The number of aromatic nitrogens is 1. The Hall–Kier alpha value is -1.09. The lowest BCUT2D eigenvalue weighted by molar-refractivity contribution is 0.147. The third kappa shape index (κ3) is 3.51. The van der Waals surface area contributed by atoms with Crippen LogP contribution in [0.15, 0.2) is 18.3 Å². The third-order valence-electron chi connectivity index (χ3n) is 4.42. The van der Waals surface area contributed by atoms with E-state index < -0.39 is 0 Å². The van der Waals surface area contributed by atoms with Gasteiger partial charge in [0.2, 0.25) is 0 Å². The van der Waals surface area contributed by atoms with Crippen LogP contribution in [0.5, 0.6) is 0 Å². The number of pyridine rings is 1. The maximum Gasteiger partial charge on any atom is 0.133 e. The molecule has 1 aliphatic heterocycles. The molecule has 0 N–H and O–H groups in total. The van der Waals surface area contributed by atoms with E-state index in [9.17, 15) is 0 Å². The molecule has 0 amide bonds. The maximum absolute atomic E-state index is 4.64. The maximum atomic E-state index is 4.64. The fourth-order valence-electron chi connectivity index (χ4n) is 3.11. The molecule has 1 atom stereocenters. The molecule has 0 radical (unpaired) electrons. The van der Waals surface area contributed by atoms with Crippen LogP contribution in [0.2, 0.25) is 0 Å². The standard InChI is InChI=1S/C17H29N3/c1-4-6-13-20-14-8-7-11-16(20)15-10-9-12-18-17(15)19(3)5-2/h9-10,12,16H,4-8,11,13-14H2,1-3H3/t16-/m1/s1. The lowest BCUT2D eigenvalue weighted by atomic mass is 9.95. The van der Waals surface area contributed by atoms with Crippen LogP contribution in [0.4, 0.5) is 5.82 Å². The molecule has 0 saturated carbocycles. The fourth-order valence-corrected chi connectivity index (χ4v) is 3.11. The Morgan fingerprint density at radius 2 is 2.20 bits per heavy atom. The molecule has 20 heavy (non-hydrogen) atoms. The first-order valence-electron chi connectivity index (χ1n) is 8.18. The minimum absolute atomic E-state index is 0.563. The van der Waals surface area contributed by atoms with E-state index in [-0.39, 0.29) is 0 Å². The Bertz CT molecular complexity index is 405. The zero-order chi connectivity index (χ0) is 14.4. The number of piperidine rings is 1. The van der Waals surface area contributed by atoms with Crippen molar-refractivity contribution in [3.63, 3.8) is 0 Å². The van der Waals surface area contributed by atoms with E-state index in [0.717, 1.165) is 6.54 Å². The first kappa shape index (κ1) is 15.3. The summed E-state index contributed by atoms with van der Waals surface area (Å²) in [6.45, 7) is 7.94. The minimum atomic E-state index is 0.563. The van der Waals surface area contributed by atoms with E-state index in [2.05, 4.69) is 47.8 Å². The highest BCUT2D eigenvalue weighted by atomic mass is 15.2. The Balaban J connectivity index is 2.23. The second kappa shape index (κ2) is 7.63. The van der Waals surface area contributed by atoms with Crippen LogP contribution in [0.25, 0.3) is 0 Å². The smallest absolute Gasteiger partial charge is 0.133 e. The molecule has 3 nitrogen and oxygen atoms in total. The van der Waals surface area contributed by atoms with Gasteiger partial charge in [0.05, 0.1) is 0 Å². The van der Waals surface area contributed by atoms with E-state index in [1.54, 1.807) is 0 Å². The second-order valence-electron chi connectivity index (χ2n) is 5.83. The summed E-state index contributed by atoms with van der Waals surface area (Å²) in [7, 11) is 2.14. The van der Waals surface area contributed by atoms with Gasteiger partial charge in [-0.1, -0.05) is 25.8 Å². The third-order valence-corrected chi connectivity index (χ3v) is 4.42. The second-order valence-corrected chi connectivity index (χ2v) is 5.83. The van der Waals surface area contributed by atoms with E-state index in [4.69, 9.17) is 0 Å². The zero-order valence-corrected chi connectivity index (χ0v) is 13.3. The van der Waals surface area contributed by atoms with Crippen molar-refractivity contribution in [2.45, 2.75) is 52.0 Å². The van der Waals surface area contributed by atoms with Crippen molar-refractivity contribution in [3.05, 3.63) is 23.9 Å². The SMILES string of the molecule is CCCCN1CCCC[C@@H]1c1cccnc1N(C)CC. The van der Waals surface area contributed by atoms with Gasteiger partial charge < -0.3 is 4.90 Å². The number of hydrogen-bond donors (Lipinski definition) is 0. The molecule has 0 aromatic carbocycles. The van der Waals surface area contributed by atoms with Gasteiger partial charge in [-0.05, 0) is 45.3 Å². The Morgan fingerprint density at radius 3 is 2.95 bits per heavy atom. The van der Waals surface area contributed by atoms with Crippen LogP contribution in [0.3, 0.4) is 0 Å². The van der Waals surface area contributed by atoms with Crippen LogP contribution in [0.1, 0.15) is 57.6 Å². The number of nitrogens with zero attached hydrogens (tertiary/aromatic N) is 3. The molecule has 0 aliphatic carbocycles. The summed E-state index contributed by atoms with van der Waals surface area (Å²) in [5.74, 6) is 1.17. The highest BCUT2D eigenvalue weighted by Crippen LogP contribution is 2.35. The summed E-state index contributed by atoms with van der Waals surface area (Å²) in [6, 6.07) is 4.94. The molecule has 1 fully saturated rings. The highest BCUT2D eigenvalue weighted by Gasteiger charge is 2.26. The van der Waals surface area contributed by atoms with Crippen molar-refractivity contribution in [2.24, 2.45) is 0 Å². The number of likely N-dealkylation sites (tertiary alicyclic amines) is 1. The lowest BCUT2D eigenvalue weighted by Gasteiger charge is -2.37. The molecule has 2 rings (SSSR count). The first-order chi connectivity index (χ1) is 9.77. The number of rotatable bonds is 6. The van der Waals surface area contributed by atoms with Crippen LogP contribution in [-0.4, -0.2) is 36.6 Å². The highest BCUT2D eigenvalue weighted by molar-refractivity contribution is 5.47. The molecule has 1 aromatic rings. The average molecular weight is 275 g/mol. The first-order valence-corrected chi connectivity index (χ1v) is 8.18. The van der Waals surface area contributed by atoms with Crippen molar-refractivity contribution in [1.82, 2.24) is 9.88 Å². The van der Waals surface area contributed by atoms with Gasteiger partial charge >= 0.3 is 0 Å². The summed E-state index contributed by atoms with van der Waals surface area (Å²) in [5.41, 5.74) is 1.42. The fraction of sp³-hybridized carbons (Fsp3) is 0.706. The summed E-state index contributed by atoms with van der Waals surface area (Å²) in [5, 5.41) is 0. The van der Waals surface area contributed by atoms with Gasteiger partial charge in [0.1, 0.15) is 5.82 Å². The van der Waals surface area contributed by atoms with Gasteiger partial charge in [-0.15, -0.1) is 0 Å². The zero-order valence-electron chi connectivity index (χ0n) is 13.3. The van der Waals surface area contributed by atoms with Gasteiger partial charge in [-0.2, -0.15) is 0 Å². The molecule has 112 valence electrons. The van der Waals surface area contributed by atoms with Crippen molar-refractivity contribution in [1.29, 1.82) is 0 Å². The van der Waals surface area contributed by atoms with E-state index >= 15 is 0 Å².